The van der Waals surface area contributed by atoms with Gasteiger partial charge in [-0.3, -0.25) is 0 Å². The zero-order valence-corrected chi connectivity index (χ0v) is 20.6. The summed E-state index contributed by atoms with van der Waals surface area (Å²) in [6, 6.07) is 18.6. The van der Waals surface area contributed by atoms with Crippen LogP contribution in [0.15, 0.2) is 73.2 Å². The molecule has 7 heteroatoms. The number of para-hydroxylation sites is 1. The molecule has 2 aromatic heterocycles. The maximum Gasteiger partial charge on any atom is 0.227 e. The number of imidazole rings is 1. The van der Waals surface area contributed by atoms with Gasteiger partial charge in [0.05, 0.1) is 17.7 Å². The molecule has 180 valence electrons. The molecule has 6 nitrogen and oxygen atoms in total. The van der Waals surface area contributed by atoms with Crippen molar-refractivity contribution in [1.82, 2.24) is 24.8 Å². The molecule has 0 amide bonds. The Kier molecular flexibility index (Phi) is 5.89. The molecule has 3 heterocycles. The van der Waals surface area contributed by atoms with Crippen LogP contribution in [0.3, 0.4) is 0 Å². The van der Waals surface area contributed by atoms with E-state index >= 15 is 0 Å². The molecule has 0 unspecified atom stereocenters. The molecule has 1 fully saturated rings. The Morgan fingerprint density at radius 3 is 2.31 bits per heavy atom. The summed E-state index contributed by atoms with van der Waals surface area (Å²) in [6.07, 6.45) is 5.39. The number of piperidine rings is 1. The number of halogens is 1. The molecule has 1 aliphatic heterocycles. The number of rotatable bonds is 5. The minimum Gasteiger partial charge on any atom is -0.326 e. The zero-order valence-electron chi connectivity index (χ0n) is 20.6. The van der Waals surface area contributed by atoms with Crippen LogP contribution >= 0.6 is 0 Å². The van der Waals surface area contributed by atoms with Crippen LogP contribution in [0, 0.1) is 5.82 Å². The highest BCUT2D eigenvalue weighted by atomic mass is 19.1. The summed E-state index contributed by atoms with van der Waals surface area (Å²) in [7, 11) is 0. The molecule has 35 heavy (non-hydrogen) atoms. The lowest BCUT2D eigenvalue weighted by Gasteiger charge is -2.47. The fraction of sp³-hybridized carbons (Fsp3) is 0.321. The molecule has 0 bridgehead atoms. The number of nitrogens with zero attached hydrogens (tertiary/aromatic N) is 4. The molecule has 4 aromatic rings. The van der Waals surface area contributed by atoms with Crippen molar-refractivity contribution in [3.05, 3.63) is 79.0 Å². The number of anilines is 2. The molecule has 0 atom stereocenters. The van der Waals surface area contributed by atoms with E-state index in [1.165, 1.54) is 6.07 Å². The van der Waals surface area contributed by atoms with E-state index in [2.05, 4.69) is 47.9 Å². The average molecular weight is 471 g/mol. The van der Waals surface area contributed by atoms with Crippen molar-refractivity contribution in [1.29, 1.82) is 0 Å². The van der Waals surface area contributed by atoms with Crippen molar-refractivity contribution < 1.29 is 4.39 Å². The van der Waals surface area contributed by atoms with E-state index in [0.29, 0.717) is 22.9 Å². The van der Waals surface area contributed by atoms with E-state index < -0.39 is 0 Å². The van der Waals surface area contributed by atoms with Gasteiger partial charge in [0.1, 0.15) is 11.5 Å². The van der Waals surface area contributed by atoms with Crippen LogP contribution in [0.1, 0.15) is 46.6 Å². The fourth-order valence-corrected chi connectivity index (χ4v) is 5.41. The van der Waals surface area contributed by atoms with Gasteiger partial charge >= 0.3 is 0 Å². The maximum atomic E-state index is 14.9. The zero-order chi connectivity index (χ0) is 24.6. The summed E-state index contributed by atoms with van der Waals surface area (Å²) in [5, 5.41) is 7.01. The number of hydrogen-bond donors (Lipinski definition) is 2. The van der Waals surface area contributed by atoms with E-state index in [9.17, 15) is 4.39 Å². The van der Waals surface area contributed by atoms with Crippen molar-refractivity contribution in [3.63, 3.8) is 0 Å². The smallest absolute Gasteiger partial charge is 0.227 e. The lowest BCUT2D eigenvalue weighted by atomic mass is 9.79. The monoisotopic (exact) mass is 470 g/mol. The van der Waals surface area contributed by atoms with Crippen LogP contribution in [-0.4, -0.2) is 30.6 Å². The van der Waals surface area contributed by atoms with Crippen LogP contribution < -0.4 is 10.6 Å². The van der Waals surface area contributed by atoms with E-state index in [4.69, 9.17) is 9.97 Å². The van der Waals surface area contributed by atoms with Crippen LogP contribution in [0.5, 0.6) is 0 Å². The van der Waals surface area contributed by atoms with E-state index in [0.717, 1.165) is 24.2 Å². The lowest BCUT2D eigenvalue weighted by molar-refractivity contribution is 0.133. The van der Waals surface area contributed by atoms with Crippen molar-refractivity contribution in [2.75, 3.05) is 5.32 Å². The molecule has 1 saturated heterocycles. The SMILES string of the molecule is CC1(C)CC(n2cnc(-c3ccccc3F)c2-c2ccnc(Nc3ccccc3)n2)CC(C)(C)N1. The van der Waals surface area contributed by atoms with Gasteiger partial charge in [0.15, 0.2) is 0 Å². The molecule has 5 rings (SSSR count). The minimum atomic E-state index is -0.304. The normalized spacial score (nSPS) is 17.3. The predicted octanol–water partition coefficient (Wildman–Crippen LogP) is 6.37. The number of benzene rings is 2. The van der Waals surface area contributed by atoms with Crippen molar-refractivity contribution >= 4 is 11.6 Å². The van der Waals surface area contributed by atoms with Gasteiger partial charge in [0.2, 0.25) is 5.95 Å². The van der Waals surface area contributed by atoms with Crippen molar-refractivity contribution in [2.45, 2.75) is 57.7 Å². The second-order valence-corrected chi connectivity index (χ2v) is 10.5. The van der Waals surface area contributed by atoms with Gasteiger partial charge in [-0.25, -0.2) is 19.3 Å². The van der Waals surface area contributed by atoms with E-state index in [1.807, 2.05) is 48.8 Å². The maximum absolute atomic E-state index is 14.9. The largest absolute Gasteiger partial charge is 0.326 e. The standard InChI is InChI=1S/C28H31FN6/c1-27(2)16-20(17-28(3,4)34-27)35-18-31-24(21-12-8-9-13-22(21)29)25(35)23-14-15-30-26(33-23)32-19-10-6-5-7-11-19/h5-15,18,20,34H,16-17H2,1-4H3,(H,30,32,33). The Morgan fingerprint density at radius 1 is 0.914 bits per heavy atom. The first-order valence-electron chi connectivity index (χ1n) is 12.0. The molecule has 0 radical (unpaired) electrons. The number of nitrogens with one attached hydrogen (secondary N) is 2. The molecule has 0 saturated carbocycles. The van der Waals surface area contributed by atoms with E-state index in [1.54, 1.807) is 18.3 Å². The summed E-state index contributed by atoms with van der Waals surface area (Å²) in [4.78, 5) is 14.0. The Bertz CT molecular complexity index is 1310. The average Bonchev–Trinajstić information content (AvgIpc) is 3.23. The summed E-state index contributed by atoms with van der Waals surface area (Å²) >= 11 is 0. The molecule has 2 aromatic carbocycles. The van der Waals surface area contributed by atoms with Crippen LogP contribution in [0.25, 0.3) is 22.6 Å². The van der Waals surface area contributed by atoms with Crippen LogP contribution in [-0.2, 0) is 0 Å². The highest BCUT2D eigenvalue weighted by molar-refractivity contribution is 5.77. The first-order chi connectivity index (χ1) is 16.7. The summed E-state index contributed by atoms with van der Waals surface area (Å²) in [5.74, 6) is 0.175. The Hall–Kier alpha value is -3.58. The van der Waals surface area contributed by atoms with Gasteiger partial charge in [0.25, 0.3) is 0 Å². The third kappa shape index (κ3) is 4.95. The van der Waals surface area contributed by atoms with Crippen LogP contribution in [0.2, 0.25) is 0 Å². The Labute approximate surface area is 205 Å². The summed E-state index contributed by atoms with van der Waals surface area (Å²) in [5.41, 5.74) is 3.33. The number of hydrogen-bond acceptors (Lipinski definition) is 5. The van der Waals surface area contributed by atoms with Gasteiger partial charge < -0.3 is 15.2 Å². The molecule has 0 spiro atoms. The van der Waals surface area contributed by atoms with Gasteiger partial charge in [0, 0.05) is 34.6 Å². The van der Waals surface area contributed by atoms with Gasteiger partial charge in [-0.15, -0.1) is 0 Å². The van der Waals surface area contributed by atoms with Gasteiger partial charge in [-0.05, 0) is 70.9 Å². The molecule has 0 aliphatic carbocycles. The second-order valence-electron chi connectivity index (χ2n) is 10.5. The lowest BCUT2D eigenvalue weighted by Crippen LogP contribution is -2.57. The topological polar surface area (TPSA) is 67.7 Å². The Balaban J connectivity index is 1.63. The fourth-order valence-electron chi connectivity index (χ4n) is 5.41. The highest BCUT2D eigenvalue weighted by Crippen LogP contribution is 2.41. The first kappa shape index (κ1) is 23.2. The highest BCUT2D eigenvalue weighted by Gasteiger charge is 2.39. The Morgan fingerprint density at radius 2 is 1.60 bits per heavy atom. The predicted molar refractivity (Wildman–Crippen MR) is 138 cm³/mol. The van der Waals surface area contributed by atoms with Crippen LogP contribution in [0.4, 0.5) is 16.0 Å². The summed E-state index contributed by atoms with van der Waals surface area (Å²) in [6.45, 7) is 8.90. The molecule has 1 aliphatic rings. The summed E-state index contributed by atoms with van der Waals surface area (Å²) < 4.78 is 17.1. The van der Waals surface area contributed by atoms with Crippen molar-refractivity contribution in [3.8, 4) is 22.6 Å². The molecule has 2 N–H and O–H groups in total. The van der Waals surface area contributed by atoms with Crippen molar-refractivity contribution in [2.24, 2.45) is 0 Å². The van der Waals surface area contributed by atoms with Gasteiger partial charge in [-0.1, -0.05) is 30.3 Å². The first-order valence-corrected chi connectivity index (χ1v) is 12.0. The molecular weight excluding hydrogens is 439 g/mol. The second kappa shape index (κ2) is 8.89. The number of aromatic nitrogens is 4. The third-order valence-electron chi connectivity index (χ3n) is 6.41. The minimum absolute atomic E-state index is 0.0577. The quantitative estimate of drug-likeness (QED) is 0.355. The molecular formula is C28H31FN6. The third-order valence-corrected chi connectivity index (χ3v) is 6.41. The van der Waals surface area contributed by atoms with Gasteiger partial charge in [-0.2, -0.15) is 0 Å². The van der Waals surface area contributed by atoms with E-state index in [-0.39, 0.29) is 22.9 Å².